The Morgan fingerprint density at radius 1 is 1.00 bits per heavy atom. The molecule has 2 amide bonds. The number of anilines is 1. The summed E-state index contributed by atoms with van der Waals surface area (Å²) in [6, 6.07) is 14.2. The molecular weight excluding hydrogens is 450 g/mol. The standard InChI is InChI=1S/C26H35N3O4S/c1-26(2,3)21-11-13-23(14-12-21)34(32,33)28-16-15-24(30)27-18-19-7-6-10-22(17-19)29-25(31)20-8-4-5-9-20/h6-7,10-14,17,20,28H,4-5,8-9,15-16,18H2,1-3H3,(H,27,30)(H,29,31). The smallest absolute Gasteiger partial charge is 0.240 e. The highest BCUT2D eigenvalue weighted by Crippen LogP contribution is 2.26. The lowest BCUT2D eigenvalue weighted by Gasteiger charge is -2.19. The van der Waals surface area contributed by atoms with Gasteiger partial charge in [0.15, 0.2) is 0 Å². The Morgan fingerprint density at radius 3 is 2.32 bits per heavy atom. The van der Waals surface area contributed by atoms with Gasteiger partial charge in [-0.15, -0.1) is 0 Å². The molecule has 0 aromatic heterocycles. The van der Waals surface area contributed by atoms with Crippen LogP contribution in [0.3, 0.4) is 0 Å². The summed E-state index contributed by atoms with van der Waals surface area (Å²) in [6.07, 6.45) is 4.10. The third-order valence-electron chi connectivity index (χ3n) is 6.08. The van der Waals surface area contributed by atoms with Gasteiger partial charge in [0.05, 0.1) is 4.90 Å². The first-order valence-corrected chi connectivity index (χ1v) is 13.3. The van der Waals surface area contributed by atoms with E-state index in [1.807, 2.05) is 36.4 Å². The van der Waals surface area contributed by atoms with E-state index in [0.717, 1.165) is 36.8 Å². The monoisotopic (exact) mass is 485 g/mol. The fourth-order valence-electron chi connectivity index (χ4n) is 4.00. The molecule has 0 aliphatic heterocycles. The van der Waals surface area contributed by atoms with Crippen molar-refractivity contribution in [2.45, 2.75) is 69.7 Å². The molecular formula is C26H35N3O4S. The average molecular weight is 486 g/mol. The molecule has 0 spiro atoms. The van der Waals surface area contributed by atoms with Gasteiger partial charge in [-0.25, -0.2) is 13.1 Å². The molecule has 0 heterocycles. The second-order valence-electron chi connectivity index (χ2n) is 9.87. The van der Waals surface area contributed by atoms with Crippen LogP contribution < -0.4 is 15.4 Å². The van der Waals surface area contributed by atoms with Gasteiger partial charge in [-0.05, 0) is 53.6 Å². The number of rotatable bonds is 9. The van der Waals surface area contributed by atoms with Gasteiger partial charge in [-0.3, -0.25) is 9.59 Å². The highest BCUT2D eigenvalue weighted by atomic mass is 32.2. The Balaban J connectivity index is 1.44. The molecule has 0 atom stereocenters. The van der Waals surface area contributed by atoms with Gasteiger partial charge in [0.25, 0.3) is 0 Å². The molecule has 2 aromatic carbocycles. The maximum absolute atomic E-state index is 12.5. The van der Waals surface area contributed by atoms with Gasteiger partial charge < -0.3 is 10.6 Å². The van der Waals surface area contributed by atoms with E-state index in [4.69, 9.17) is 0 Å². The van der Waals surface area contributed by atoms with Crippen LogP contribution in [0.1, 0.15) is 64.0 Å². The maximum atomic E-state index is 12.5. The molecule has 0 bridgehead atoms. The summed E-state index contributed by atoms with van der Waals surface area (Å²) in [5, 5.41) is 5.76. The number of hydrogen-bond donors (Lipinski definition) is 3. The predicted molar refractivity (Wildman–Crippen MR) is 134 cm³/mol. The fraction of sp³-hybridized carbons (Fsp3) is 0.462. The SMILES string of the molecule is CC(C)(C)c1ccc(S(=O)(=O)NCCC(=O)NCc2cccc(NC(=O)C3CCCC3)c2)cc1. The zero-order valence-electron chi connectivity index (χ0n) is 20.2. The Labute approximate surface area is 202 Å². The molecule has 7 nitrogen and oxygen atoms in total. The number of sulfonamides is 1. The Hall–Kier alpha value is -2.71. The van der Waals surface area contributed by atoms with Crippen LogP contribution in [-0.2, 0) is 31.6 Å². The van der Waals surface area contributed by atoms with Gasteiger partial charge in [-0.2, -0.15) is 0 Å². The normalized spacial score (nSPS) is 14.7. The van der Waals surface area contributed by atoms with Crippen LogP contribution >= 0.6 is 0 Å². The van der Waals surface area contributed by atoms with Gasteiger partial charge in [0.2, 0.25) is 21.8 Å². The molecule has 0 unspecified atom stereocenters. The third kappa shape index (κ3) is 7.40. The molecule has 0 radical (unpaired) electrons. The van der Waals surface area contributed by atoms with Crippen molar-refractivity contribution in [1.29, 1.82) is 0 Å². The van der Waals surface area contributed by atoms with Crippen molar-refractivity contribution in [2.75, 3.05) is 11.9 Å². The number of carbonyl (C=O) groups excluding carboxylic acids is 2. The second-order valence-corrected chi connectivity index (χ2v) is 11.6. The van der Waals surface area contributed by atoms with E-state index in [-0.39, 0.29) is 41.0 Å². The van der Waals surface area contributed by atoms with Crippen LogP contribution in [0.2, 0.25) is 0 Å². The lowest BCUT2D eigenvalue weighted by molar-refractivity contribution is -0.121. The molecule has 8 heteroatoms. The average Bonchev–Trinajstić information content (AvgIpc) is 3.33. The second kappa shape index (κ2) is 11.1. The maximum Gasteiger partial charge on any atom is 0.240 e. The molecule has 1 aliphatic rings. The van der Waals surface area contributed by atoms with Crippen molar-refractivity contribution in [3.05, 3.63) is 59.7 Å². The van der Waals surface area contributed by atoms with E-state index in [1.165, 1.54) is 0 Å². The number of carbonyl (C=O) groups is 2. The molecule has 1 aliphatic carbocycles. The first-order chi connectivity index (χ1) is 16.0. The van der Waals surface area contributed by atoms with Crippen molar-refractivity contribution in [2.24, 2.45) is 5.92 Å². The first kappa shape index (κ1) is 25.9. The highest BCUT2D eigenvalue weighted by molar-refractivity contribution is 7.89. The van der Waals surface area contributed by atoms with Crippen LogP contribution in [-0.4, -0.2) is 26.8 Å². The van der Waals surface area contributed by atoms with Gasteiger partial charge in [-0.1, -0.05) is 57.9 Å². The van der Waals surface area contributed by atoms with Crippen LogP contribution in [0, 0.1) is 5.92 Å². The Bertz CT molecular complexity index is 1100. The van der Waals surface area contributed by atoms with E-state index in [1.54, 1.807) is 12.1 Å². The van der Waals surface area contributed by atoms with Crippen molar-refractivity contribution in [1.82, 2.24) is 10.0 Å². The lowest BCUT2D eigenvalue weighted by atomic mass is 9.87. The van der Waals surface area contributed by atoms with Gasteiger partial charge in [0, 0.05) is 31.1 Å². The van der Waals surface area contributed by atoms with E-state index in [2.05, 4.69) is 36.1 Å². The summed E-state index contributed by atoms with van der Waals surface area (Å²) in [7, 11) is -3.68. The molecule has 1 fully saturated rings. The molecule has 3 rings (SSSR count). The van der Waals surface area contributed by atoms with E-state index < -0.39 is 10.0 Å². The minimum atomic E-state index is -3.68. The minimum absolute atomic E-state index is 0.00662. The van der Waals surface area contributed by atoms with Crippen molar-refractivity contribution in [3.63, 3.8) is 0 Å². The number of hydrogen-bond acceptors (Lipinski definition) is 4. The highest BCUT2D eigenvalue weighted by Gasteiger charge is 2.22. The summed E-state index contributed by atoms with van der Waals surface area (Å²) < 4.78 is 27.5. The van der Waals surface area contributed by atoms with Crippen LogP contribution in [0.25, 0.3) is 0 Å². The van der Waals surface area contributed by atoms with Crippen LogP contribution in [0.5, 0.6) is 0 Å². The van der Waals surface area contributed by atoms with Gasteiger partial charge >= 0.3 is 0 Å². The Morgan fingerprint density at radius 2 is 1.68 bits per heavy atom. The molecule has 0 saturated heterocycles. The van der Waals surface area contributed by atoms with E-state index >= 15 is 0 Å². The lowest BCUT2D eigenvalue weighted by Crippen LogP contribution is -2.30. The molecule has 3 N–H and O–H groups in total. The van der Waals surface area contributed by atoms with E-state index in [0.29, 0.717) is 12.2 Å². The summed E-state index contributed by atoms with van der Waals surface area (Å²) >= 11 is 0. The molecule has 1 saturated carbocycles. The van der Waals surface area contributed by atoms with Crippen molar-refractivity contribution >= 4 is 27.5 Å². The summed E-state index contributed by atoms with van der Waals surface area (Å²) in [5.41, 5.74) is 2.56. The minimum Gasteiger partial charge on any atom is -0.352 e. The molecule has 2 aromatic rings. The third-order valence-corrected chi connectivity index (χ3v) is 7.56. The predicted octanol–water partition coefficient (Wildman–Crippen LogP) is 4.10. The quantitative estimate of drug-likeness (QED) is 0.497. The zero-order chi connectivity index (χ0) is 24.8. The summed E-state index contributed by atoms with van der Waals surface area (Å²) in [4.78, 5) is 24.7. The van der Waals surface area contributed by atoms with Crippen molar-refractivity contribution in [3.8, 4) is 0 Å². The first-order valence-electron chi connectivity index (χ1n) is 11.8. The molecule has 34 heavy (non-hydrogen) atoms. The largest absolute Gasteiger partial charge is 0.352 e. The molecule has 184 valence electrons. The topological polar surface area (TPSA) is 104 Å². The number of nitrogens with one attached hydrogen (secondary N) is 3. The van der Waals surface area contributed by atoms with Crippen molar-refractivity contribution < 1.29 is 18.0 Å². The van der Waals surface area contributed by atoms with Crippen LogP contribution in [0.15, 0.2) is 53.4 Å². The number of benzene rings is 2. The fourth-order valence-corrected chi connectivity index (χ4v) is 5.03. The van der Waals surface area contributed by atoms with E-state index in [9.17, 15) is 18.0 Å². The number of amides is 2. The summed E-state index contributed by atoms with van der Waals surface area (Å²) in [5.74, 6) is -0.117. The Kier molecular flexibility index (Phi) is 8.49. The van der Waals surface area contributed by atoms with Crippen LogP contribution in [0.4, 0.5) is 5.69 Å². The zero-order valence-corrected chi connectivity index (χ0v) is 21.0. The summed E-state index contributed by atoms with van der Waals surface area (Å²) in [6.45, 7) is 6.50. The van der Waals surface area contributed by atoms with Gasteiger partial charge in [0.1, 0.15) is 0 Å².